The predicted octanol–water partition coefficient (Wildman–Crippen LogP) is 1.84. The summed E-state index contributed by atoms with van der Waals surface area (Å²) in [6, 6.07) is 3.09. The van der Waals surface area contributed by atoms with Gasteiger partial charge in [-0.15, -0.1) is 0 Å². The van der Waals surface area contributed by atoms with E-state index in [2.05, 4.69) is 9.62 Å². The summed E-state index contributed by atoms with van der Waals surface area (Å²) in [4.78, 5) is 0.733. The van der Waals surface area contributed by atoms with Crippen molar-refractivity contribution in [1.82, 2.24) is 4.31 Å². The van der Waals surface area contributed by atoms with Gasteiger partial charge < -0.3 is 10.4 Å². The van der Waals surface area contributed by atoms with Gasteiger partial charge in [0, 0.05) is 18.0 Å². The molecule has 0 bridgehead atoms. The Labute approximate surface area is 133 Å². The van der Waals surface area contributed by atoms with Crippen molar-refractivity contribution < 1.29 is 13.5 Å². The minimum atomic E-state index is -3.83. The van der Waals surface area contributed by atoms with Crippen LogP contribution < -0.4 is 10.5 Å². The van der Waals surface area contributed by atoms with Crippen molar-refractivity contribution in [2.45, 2.75) is 29.1 Å². The Morgan fingerprint density at radius 2 is 2.14 bits per heavy atom. The number of unbranched alkanes of at least 4 members (excludes halogenated alkanes) is 2. The number of rotatable bonds is 6. The molecule has 0 unspecified atom stereocenters. The molecule has 9 heteroatoms. The van der Waals surface area contributed by atoms with Gasteiger partial charge in [-0.2, -0.15) is 0 Å². The van der Waals surface area contributed by atoms with Crippen LogP contribution in [0.15, 0.2) is 21.9 Å². The standard InChI is InChI=1S/C12H18ClN3O3S2/c13-9-6-10-11(7-12(9)21(14,18)19)20-16(8-15-10)4-2-1-3-5-17/h6-7,15,17H,1-5,8H2,(H2,14,18,19). The first kappa shape index (κ1) is 16.9. The third kappa shape index (κ3) is 4.48. The van der Waals surface area contributed by atoms with E-state index in [9.17, 15) is 8.42 Å². The lowest BCUT2D eigenvalue weighted by Gasteiger charge is -2.29. The van der Waals surface area contributed by atoms with Crippen LogP contribution in [-0.2, 0) is 10.0 Å². The fraction of sp³-hybridized carbons (Fsp3) is 0.500. The van der Waals surface area contributed by atoms with Crippen molar-refractivity contribution >= 4 is 39.3 Å². The van der Waals surface area contributed by atoms with Crippen LogP contribution in [-0.4, -0.2) is 37.6 Å². The topological polar surface area (TPSA) is 95.7 Å². The fourth-order valence-corrected chi connectivity index (χ4v) is 4.21. The summed E-state index contributed by atoms with van der Waals surface area (Å²) in [7, 11) is -3.83. The number of nitrogens with one attached hydrogen (secondary N) is 1. The molecule has 0 atom stereocenters. The summed E-state index contributed by atoms with van der Waals surface area (Å²) in [5, 5.41) is 17.2. The minimum Gasteiger partial charge on any atom is -0.396 e. The maximum Gasteiger partial charge on any atom is 0.239 e. The Hall–Kier alpha value is -0.510. The maximum atomic E-state index is 11.5. The molecule has 0 aliphatic carbocycles. The lowest BCUT2D eigenvalue weighted by molar-refractivity contribution is 0.281. The molecule has 118 valence electrons. The summed E-state index contributed by atoms with van der Waals surface area (Å²) in [6.45, 7) is 1.72. The van der Waals surface area contributed by atoms with E-state index in [4.69, 9.17) is 21.8 Å². The third-order valence-corrected chi connectivity index (χ3v) is 5.56. The molecule has 0 aromatic heterocycles. The highest BCUT2D eigenvalue weighted by Crippen LogP contribution is 2.38. The number of anilines is 1. The van der Waals surface area contributed by atoms with Gasteiger partial charge in [0.1, 0.15) is 4.90 Å². The van der Waals surface area contributed by atoms with Gasteiger partial charge in [-0.05, 0) is 43.3 Å². The van der Waals surface area contributed by atoms with E-state index in [-0.39, 0.29) is 16.5 Å². The number of hydrogen-bond donors (Lipinski definition) is 3. The number of benzene rings is 1. The zero-order valence-electron chi connectivity index (χ0n) is 11.4. The molecule has 1 aliphatic heterocycles. The molecule has 2 rings (SSSR count). The molecular formula is C12H18ClN3O3S2. The van der Waals surface area contributed by atoms with Crippen LogP contribution in [0.1, 0.15) is 19.3 Å². The Kier molecular flexibility index (Phi) is 5.75. The number of hydrogen-bond acceptors (Lipinski definition) is 6. The number of nitrogens with zero attached hydrogens (tertiary/aromatic N) is 1. The molecule has 0 fully saturated rings. The van der Waals surface area contributed by atoms with Gasteiger partial charge >= 0.3 is 0 Å². The van der Waals surface area contributed by atoms with Crippen LogP contribution in [0, 0.1) is 0 Å². The van der Waals surface area contributed by atoms with Gasteiger partial charge in [0.15, 0.2) is 0 Å². The largest absolute Gasteiger partial charge is 0.396 e. The van der Waals surface area contributed by atoms with Crippen molar-refractivity contribution in [3.05, 3.63) is 17.2 Å². The lowest BCUT2D eigenvalue weighted by atomic mass is 10.2. The highest BCUT2D eigenvalue weighted by atomic mass is 35.5. The summed E-state index contributed by atoms with van der Waals surface area (Å²) in [5.41, 5.74) is 0.809. The monoisotopic (exact) mass is 351 g/mol. The number of aliphatic hydroxyl groups is 1. The van der Waals surface area contributed by atoms with Gasteiger partial charge in [0.2, 0.25) is 10.0 Å². The Morgan fingerprint density at radius 1 is 1.38 bits per heavy atom. The van der Waals surface area contributed by atoms with E-state index in [0.717, 1.165) is 36.4 Å². The number of fused-ring (bicyclic) bond motifs is 1. The van der Waals surface area contributed by atoms with E-state index in [1.807, 2.05) is 0 Å². The third-order valence-electron chi connectivity index (χ3n) is 3.08. The molecule has 1 aromatic carbocycles. The first-order valence-electron chi connectivity index (χ1n) is 6.56. The minimum absolute atomic E-state index is 0.0562. The number of halogens is 1. The van der Waals surface area contributed by atoms with Gasteiger partial charge in [0.25, 0.3) is 0 Å². The molecule has 0 radical (unpaired) electrons. The van der Waals surface area contributed by atoms with E-state index in [1.54, 1.807) is 6.07 Å². The summed E-state index contributed by atoms with van der Waals surface area (Å²) < 4.78 is 25.1. The maximum absolute atomic E-state index is 11.5. The van der Waals surface area contributed by atoms with Crippen molar-refractivity contribution in [2.75, 3.05) is 25.1 Å². The summed E-state index contributed by atoms with van der Waals surface area (Å²) >= 11 is 7.44. The van der Waals surface area contributed by atoms with E-state index in [0.29, 0.717) is 6.67 Å². The molecular weight excluding hydrogens is 334 g/mol. The smallest absolute Gasteiger partial charge is 0.239 e. The lowest BCUT2D eigenvalue weighted by Crippen LogP contribution is -2.28. The summed E-state index contributed by atoms with van der Waals surface area (Å²) in [5.74, 6) is 0. The van der Waals surface area contributed by atoms with Gasteiger partial charge in [0.05, 0.1) is 17.4 Å². The first-order chi connectivity index (χ1) is 9.91. The zero-order valence-corrected chi connectivity index (χ0v) is 13.8. The Morgan fingerprint density at radius 3 is 2.81 bits per heavy atom. The van der Waals surface area contributed by atoms with Crippen LogP contribution in [0.2, 0.25) is 5.02 Å². The highest BCUT2D eigenvalue weighted by molar-refractivity contribution is 7.97. The molecule has 1 heterocycles. The molecule has 1 aliphatic rings. The number of aliphatic hydroxyl groups excluding tert-OH is 1. The SMILES string of the molecule is NS(=O)(=O)c1cc2c(cc1Cl)NCN(CCCCCO)S2. The van der Waals surface area contributed by atoms with Crippen LogP contribution in [0.5, 0.6) is 0 Å². The zero-order chi connectivity index (χ0) is 15.5. The molecule has 6 nitrogen and oxygen atoms in total. The van der Waals surface area contributed by atoms with Crippen molar-refractivity contribution in [1.29, 1.82) is 0 Å². The normalized spacial score (nSPS) is 15.6. The summed E-state index contributed by atoms with van der Waals surface area (Å²) in [6.07, 6.45) is 2.73. The Bertz CT molecular complexity index is 610. The fourth-order valence-electron chi connectivity index (χ4n) is 2.01. The molecule has 0 saturated carbocycles. The molecule has 21 heavy (non-hydrogen) atoms. The second-order valence-electron chi connectivity index (χ2n) is 4.74. The second kappa shape index (κ2) is 7.17. The van der Waals surface area contributed by atoms with Crippen LogP contribution in [0.4, 0.5) is 5.69 Å². The average molecular weight is 352 g/mol. The van der Waals surface area contributed by atoms with Crippen LogP contribution in [0.25, 0.3) is 0 Å². The predicted molar refractivity (Wildman–Crippen MR) is 84.8 cm³/mol. The molecule has 0 amide bonds. The van der Waals surface area contributed by atoms with E-state index >= 15 is 0 Å². The van der Waals surface area contributed by atoms with E-state index in [1.165, 1.54) is 18.0 Å². The number of nitrogens with two attached hydrogens (primary N) is 1. The first-order valence-corrected chi connectivity index (χ1v) is 9.25. The van der Waals surface area contributed by atoms with Crippen LogP contribution >= 0.6 is 23.5 Å². The highest BCUT2D eigenvalue weighted by Gasteiger charge is 2.22. The van der Waals surface area contributed by atoms with Gasteiger partial charge in [-0.3, -0.25) is 0 Å². The molecule has 1 aromatic rings. The quantitative estimate of drug-likeness (QED) is 0.534. The molecule has 0 spiro atoms. The second-order valence-corrected chi connectivity index (χ2v) is 7.82. The number of primary sulfonamides is 1. The van der Waals surface area contributed by atoms with Crippen molar-refractivity contribution in [2.24, 2.45) is 5.14 Å². The van der Waals surface area contributed by atoms with Crippen LogP contribution in [0.3, 0.4) is 0 Å². The van der Waals surface area contributed by atoms with E-state index < -0.39 is 10.0 Å². The molecule has 4 N–H and O–H groups in total. The van der Waals surface area contributed by atoms with Gasteiger partial charge in [-0.1, -0.05) is 11.6 Å². The van der Waals surface area contributed by atoms with Gasteiger partial charge in [-0.25, -0.2) is 17.9 Å². The van der Waals surface area contributed by atoms with Crippen molar-refractivity contribution in [3.8, 4) is 0 Å². The Balaban J connectivity index is 2.09. The average Bonchev–Trinajstić information content (AvgIpc) is 2.42. The number of sulfonamides is 1. The molecule has 0 saturated heterocycles. The van der Waals surface area contributed by atoms with Crippen molar-refractivity contribution in [3.63, 3.8) is 0 Å².